The van der Waals surface area contributed by atoms with Crippen LogP contribution in [0.5, 0.6) is 0 Å². The Bertz CT molecular complexity index is 626. The number of carbonyl (C=O) groups is 1. The molecule has 4 nitrogen and oxygen atoms in total. The predicted octanol–water partition coefficient (Wildman–Crippen LogP) is 3.19. The Labute approximate surface area is 135 Å². The summed E-state index contributed by atoms with van der Waals surface area (Å²) in [5, 5.41) is 1.18. The van der Waals surface area contributed by atoms with Gasteiger partial charge in [0.25, 0.3) is 0 Å². The average molecular weight is 315 g/mol. The van der Waals surface area contributed by atoms with Crippen LogP contribution >= 0.6 is 11.3 Å². The Morgan fingerprint density at radius 3 is 3.09 bits per heavy atom. The fourth-order valence-electron chi connectivity index (χ4n) is 2.92. The zero-order valence-corrected chi connectivity index (χ0v) is 13.7. The molecule has 1 saturated heterocycles. The third-order valence-corrected chi connectivity index (χ3v) is 5.19. The van der Waals surface area contributed by atoms with Gasteiger partial charge in [-0.15, -0.1) is 11.3 Å². The lowest BCUT2D eigenvalue weighted by Crippen LogP contribution is -2.39. The summed E-state index contributed by atoms with van der Waals surface area (Å²) in [7, 11) is 0. The first-order valence-electron chi connectivity index (χ1n) is 7.81. The molecular formula is C17H21N3OS. The quantitative estimate of drug-likeness (QED) is 0.870. The molecule has 0 bridgehead atoms. The number of hydrogen-bond acceptors (Lipinski definition) is 4. The highest BCUT2D eigenvalue weighted by molar-refractivity contribution is 7.11. The number of thiazole rings is 1. The SMILES string of the molecule is Cc1cnc([C@@H]2CCCN(C(=O)CCc3cccnc3)C2)s1. The third-order valence-electron chi connectivity index (χ3n) is 4.11. The molecule has 0 aromatic carbocycles. The zero-order valence-electron chi connectivity index (χ0n) is 12.9. The van der Waals surface area contributed by atoms with Crippen molar-refractivity contribution >= 4 is 17.2 Å². The summed E-state index contributed by atoms with van der Waals surface area (Å²) in [4.78, 5) is 24.3. The van der Waals surface area contributed by atoms with Crippen molar-refractivity contribution in [3.8, 4) is 0 Å². The van der Waals surface area contributed by atoms with Crippen LogP contribution in [0.1, 0.15) is 40.6 Å². The molecule has 0 saturated carbocycles. The van der Waals surface area contributed by atoms with Gasteiger partial charge >= 0.3 is 0 Å². The molecule has 2 aromatic heterocycles. The fourth-order valence-corrected chi connectivity index (χ4v) is 3.82. The van der Waals surface area contributed by atoms with Crippen molar-refractivity contribution in [2.75, 3.05) is 13.1 Å². The second-order valence-corrected chi connectivity index (χ2v) is 7.12. The van der Waals surface area contributed by atoms with Crippen molar-refractivity contribution in [2.24, 2.45) is 0 Å². The van der Waals surface area contributed by atoms with Crippen molar-refractivity contribution in [1.82, 2.24) is 14.9 Å². The fraction of sp³-hybridized carbons (Fsp3) is 0.471. The van der Waals surface area contributed by atoms with E-state index in [0.29, 0.717) is 12.3 Å². The van der Waals surface area contributed by atoms with Crippen molar-refractivity contribution < 1.29 is 4.79 Å². The van der Waals surface area contributed by atoms with Crippen LogP contribution in [-0.4, -0.2) is 33.9 Å². The molecule has 0 spiro atoms. The van der Waals surface area contributed by atoms with Crippen molar-refractivity contribution in [3.63, 3.8) is 0 Å². The third kappa shape index (κ3) is 3.71. The summed E-state index contributed by atoms with van der Waals surface area (Å²) in [5.74, 6) is 0.664. The maximum absolute atomic E-state index is 12.4. The first kappa shape index (κ1) is 15.2. The van der Waals surface area contributed by atoms with E-state index in [1.807, 2.05) is 29.4 Å². The lowest BCUT2D eigenvalue weighted by Gasteiger charge is -2.32. The highest BCUT2D eigenvalue weighted by Crippen LogP contribution is 2.30. The van der Waals surface area contributed by atoms with Gasteiger partial charge in [0.1, 0.15) is 0 Å². The first-order chi connectivity index (χ1) is 10.7. The highest BCUT2D eigenvalue weighted by atomic mass is 32.1. The van der Waals surface area contributed by atoms with Crippen LogP contribution in [0.15, 0.2) is 30.7 Å². The van der Waals surface area contributed by atoms with Crippen LogP contribution in [0.2, 0.25) is 0 Å². The van der Waals surface area contributed by atoms with Crippen LogP contribution in [0.25, 0.3) is 0 Å². The average Bonchev–Trinajstić information content (AvgIpc) is 3.00. The summed E-state index contributed by atoms with van der Waals surface area (Å²) in [6.07, 6.45) is 9.07. The Kier molecular flexibility index (Phi) is 4.83. The van der Waals surface area contributed by atoms with E-state index in [1.54, 1.807) is 17.5 Å². The van der Waals surface area contributed by atoms with E-state index in [1.165, 1.54) is 9.88 Å². The summed E-state index contributed by atoms with van der Waals surface area (Å²) >= 11 is 1.76. The van der Waals surface area contributed by atoms with Crippen LogP contribution in [0.4, 0.5) is 0 Å². The van der Waals surface area contributed by atoms with E-state index in [0.717, 1.165) is 37.9 Å². The van der Waals surface area contributed by atoms with Gasteiger partial charge in [-0.25, -0.2) is 4.98 Å². The van der Waals surface area contributed by atoms with Gasteiger partial charge in [0.15, 0.2) is 0 Å². The first-order valence-corrected chi connectivity index (χ1v) is 8.63. The van der Waals surface area contributed by atoms with Crippen LogP contribution in [-0.2, 0) is 11.2 Å². The monoisotopic (exact) mass is 315 g/mol. The van der Waals surface area contributed by atoms with Crippen molar-refractivity contribution in [1.29, 1.82) is 0 Å². The summed E-state index contributed by atoms with van der Waals surface area (Å²) in [6, 6.07) is 3.94. The number of carbonyl (C=O) groups excluding carboxylic acids is 1. The number of rotatable bonds is 4. The van der Waals surface area contributed by atoms with Gasteiger partial charge in [0.2, 0.25) is 5.91 Å². The number of hydrogen-bond donors (Lipinski definition) is 0. The summed E-state index contributed by atoms with van der Waals surface area (Å²) in [6.45, 7) is 3.78. The highest BCUT2D eigenvalue weighted by Gasteiger charge is 2.26. The molecule has 1 amide bonds. The van der Waals surface area contributed by atoms with Gasteiger partial charge in [0, 0.05) is 48.9 Å². The molecule has 0 aliphatic carbocycles. The second kappa shape index (κ2) is 7.01. The number of aryl methyl sites for hydroxylation is 2. The molecule has 116 valence electrons. The minimum Gasteiger partial charge on any atom is -0.342 e. The molecule has 3 heterocycles. The molecule has 2 aromatic rings. The van der Waals surface area contributed by atoms with Crippen molar-refractivity contribution in [2.45, 2.75) is 38.5 Å². The topological polar surface area (TPSA) is 46.1 Å². The largest absolute Gasteiger partial charge is 0.342 e. The molecule has 1 aliphatic rings. The normalized spacial score (nSPS) is 18.4. The molecule has 0 radical (unpaired) electrons. The van der Waals surface area contributed by atoms with E-state index >= 15 is 0 Å². The number of nitrogens with zero attached hydrogens (tertiary/aromatic N) is 3. The molecule has 0 unspecified atom stereocenters. The Hall–Kier alpha value is -1.75. The Balaban J connectivity index is 1.56. The Morgan fingerprint density at radius 2 is 2.36 bits per heavy atom. The number of likely N-dealkylation sites (tertiary alicyclic amines) is 1. The van der Waals surface area contributed by atoms with Crippen LogP contribution < -0.4 is 0 Å². The molecule has 1 aliphatic heterocycles. The number of aromatic nitrogens is 2. The molecule has 22 heavy (non-hydrogen) atoms. The van der Waals surface area contributed by atoms with Crippen LogP contribution in [0.3, 0.4) is 0 Å². The minimum atomic E-state index is 0.252. The van der Waals surface area contributed by atoms with Crippen molar-refractivity contribution in [3.05, 3.63) is 46.2 Å². The molecule has 0 N–H and O–H groups in total. The molecule has 5 heteroatoms. The maximum atomic E-state index is 12.4. The minimum absolute atomic E-state index is 0.252. The van der Waals surface area contributed by atoms with Gasteiger partial charge in [-0.05, 0) is 37.8 Å². The van der Waals surface area contributed by atoms with E-state index in [9.17, 15) is 4.79 Å². The van der Waals surface area contributed by atoms with E-state index in [4.69, 9.17) is 0 Å². The van der Waals surface area contributed by atoms with Gasteiger partial charge in [0.05, 0.1) is 5.01 Å². The van der Waals surface area contributed by atoms with Gasteiger partial charge in [-0.2, -0.15) is 0 Å². The second-order valence-electron chi connectivity index (χ2n) is 5.85. The summed E-state index contributed by atoms with van der Waals surface area (Å²) < 4.78 is 0. The predicted molar refractivity (Wildman–Crippen MR) is 88.0 cm³/mol. The zero-order chi connectivity index (χ0) is 15.4. The number of amides is 1. The smallest absolute Gasteiger partial charge is 0.222 e. The molecule has 1 fully saturated rings. The Morgan fingerprint density at radius 1 is 1.45 bits per heavy atom. The van der Waals surface area contributed by atoms with Gasteiger partial charge in [-0.1, -0.05) is 6.07 Å². The molecule has 3 rings (SSSR count). The van der Waals surface area contributed by atoms with Gasteiger partial charge < -0.3 is 4.90 Å². The summed E-state index contributed by atoms with van der Waals surface area (Å²) in [5.41, 5.74) is 1.12. The molecular weight excluding hydrogens is 294 g/mol. The molecule has 1 atom stereocenters. The van der Waals surface area contributed by atoms with E-state index in [2.05, 4.69) is 16.9 Å². The number of piperidine rings is 1. The lowest BCUT2D eigenvalue weighted by atomic mass is 9.98. The number of pyridine rings is 1. The maximum Gasteiger partial charge on any atom is 0.222 e. The van der Waals surface area contributed by atoms with Crippen LogP contribution in [0, 0.1) is 6.92 Å². The van der Waals surface area contributed by atoms with Gasteiger partial charge in [-0.3, -0.25) is 9.78 Å². The van der Waals surface area contributed by atoms with E-state index < -0.39 is 0 Å². The standard InChI is InChI=1S/C17H21N3OS/c1-13-10-19-17(22-13)15-5-3-9-20(12-15)16(21)7-6-14-4-2-8-18-11-14/h2,4,8,10-11,15H,3,5-7,9,12H2,1H3/t15-/m1/s1. The lowest BCUT2D eigenvalue weighted by molar-refractivity contribution is -0.132. The van der Waals surface area contributed by atoms with E-state index in [-0.39, 0.29) is 5.91 Å².